The molecule has 0 bridgehead atoms. The number of carbonyl (C=O) groups excluding carboxylic acids is 1. The number of likely N-dealkylation sites (N-methyl/N-ethyl adjacent to an activating group) is 1. The Labute approximate surface area is 203 Å². The van der Waals surface area contributed by atoms with Gasteiger partial charge in [-0.05, 0) is 13.3 Å². The lowest BCUT2D eigenvalue weighted by Gasteiger charge is -2.23. The topological polar surface area (TPSA) is 96.0 Å². The number of unbranched alkanes of at least 4 members (excludes halogenated alkanes) is 11. The van der Waals surface area contributed by atoms with Gasteiger partial charge in [-0.3, -0.25) is 4.18 Å². The minimum atomic E-state index is -4.19. The molecule has 196 valence electrons. The highest BCUT2D eigenvalue weighted by Gasteiger charge is 2.40. The molecule has 8 nitrogen and oxygen atoms in total. The summed E-state index contributed by atoms with van der Waals surface area (Å²) in [6.07, 6.45) is 13.8. The van der Waals surface area contributed by atoms with E-state index in [1.165, 1.54) is 51.4 Å². The molecule has 33 heavy (non-hydrogen) atoms. The van der Waals surface area contributed by atoms with Crippen LogP contribution < -0.4 is 0 Å². The van der Waals surface area contributed by atoms with Crippen LogP contribution in [-0.2, 0) is 32.7 Å². The third kappa shape index (κ3) is 18.4. The Bertz CT molecular complexity index is 635. The van der Waals surface area contributed by atoms with Gasteiger partial charge in [0.25, 0.3) is 10.1 Å². The predicted molar refractivity (Wildman–Crippen MR) is 133 cm³/mol. The molecule has 2 unspecified atom stereocenters. The van der Waals surface area contributed by atoms with Gasteiger partial charge in [0.1, 0.15) is 19.8 Å². The summed E-state index contributed by atoms with van der Waals surface area (Å²) in [6, 6.07) is 0. The van der Waals surface area contributed by atoms with E-state index in [1.54, 1.807) is 6.92 Å². The second-order valence-corrected chi connectivity index (χ2v) is 12.2. The minimum absolute atomic E-state index is 0.0361. The van der Waals surface area contributed by atoms with Gasteiger partial charge in [0.2, 0.25) is 0 Å². The van der Waals surface area contributed by atoms with Gasteiger partial charge < -0.3 is 4.48 Å². The van der Waals surface area contributed by atoms with Gasteiger partial charge in [-0.25, -0.2) is 4.79 Å². The lowest BCUT2D eigenvalue weighted by Crippen LogP contribution is -2.39. The van der Waals surface area contributed by atoms with Crippen molar-refractivity contribution in [3.8, 4) is 0 Å². The van der Waals surface area contributed by atoms with E-state index >= 15 is 0 Å². The molecule has 0 amide bonds. The van der Waals surface area contributed by atoms with Crippen LogP contribution in [0.4, 0.5) is 0 Å². The van der Waals surface area contributed by atoms with E-state index in [4.69, 9.17) is 13.2 Å². The number of hydrogen-bond acceptors (Lipinski definition) is 7. The summed E-state index contributed by atoms with van der Waals surface area (Å²) in [5.41, 5.74) is 0. The molecule has 0 saturated carbocycles. The third-order valence-electron chi connectivity index (χ3n) is 5.34. The van der Waals surface area contributed by atoms with Crippen LogP contribution in [0.3, 0.4) is 0 Å². The lowest BCUT2D eigenvalue weighted by molar-refractivity contribution is -0.870. The Morgan fingerprint density at radius 1 is 0.848 bits per heavy atom. The molecule has 0 aromatic carbocycles. The number of rotatable bonds is 22. The van der Waals surface area contributed by atoms with Gasteiger partial charge >= 0.3 is 14.2 Å². The Kier molecular flexibility index (Phi) is 18.4. The second kappa shape index (κ2) is 18.7. The molecule has 2 atom stereocenters. The Balaban J connectivity index is 4.47. The van der Waals surface area contributed by atoms with Crippen LogP contribution in [0.15, 0.2) is 0 Å². The molecule has 0 radical (unpaired) electrons. The zero-order chi connectivity index (χ0) is 25.2. The Morgan fingerprint density at radius 2 is 1.33 bits per heavy atom. The highest BCUT2D eigenvalue weighted by atomic mass is 32.2. The molecule has 0 saturated heterocycles. The monoisotopic (exact) mass is 513 g/mol. The quantitative estimate of drug-likeness (QED) is 0.0789. The van der Waals surface area contributed by atoms with Gasteiger partial charge in [0, 0.05) is 4.57 Å². The average Bonchev–Trinajstić information content (AvgIpc) is 2.70. The van der Waals surface area contributed by atoms with Crippen molar-refractivity contribution in [2.45, 2.75) is 103 Å². The van der Waals surface area contributed by atoms with E-state index in [-0.39, 0.29) is 19.6 Å². The van der Waals surface area contributed by atoms with Crippen LogP contribution in [-0.4, -0.2) is 65.0 Å². The SMILES string of the molecule is CCCCCCCCCCCCCCC(C(=O)O[P+](=O)OCC)S(=O)(=O)OCC[N+](C)(C)C. The van der Waals surface area contributed by atoms with Crippen LogP contribution in [0.1, 0.15) is 97.3 Å². The molecule has 0 aromatic rings. The fourth-order valence-corrected chi connectivity index (χ4v) is 5.14. The minimum Gasteiger partial charge on any atom is -0.329 e. The summed E-state index contributed by atoms with van der Waals surface area (Å²) in [4.78, 5) is 12.4. The third-order valence-corrected chi connectivity index (χ3v) is 7.76. The molecule has 0 aromatic heterocycles. The van der Waals surface area contributed by atoms with Crippen LogP contribution >= 0.6 is 8.25 Å². The molecule has 0 rings (SSSR count). The maximum atomic E-state index is 12.7. The molecule has 0 aliphatic carbocycles. The van der Waals surface area contributed by atoms with Gasteiger partial charge in [-0.15, -0.1) is 4.52 Å². The highest BCUT2D eigenvalue weighted by Crippen LogP contribution is 2.27. The first-order chi connectivity index (χ1) is 15.5. The van der Waals surface area contributed by atoms with E-state index in [1.807, 2.05) is 21.1 Å². The Hall–Kier alpha value is -0.600. The molecule has 0 N–H and O–H groups in total. The zero-order valence-corrected chi connectivity index (χ0v) is 23.3. The number of quaternary nitrogens is 1. The summed E-state index contributed by atoms with van der Waals surface area (Å²) in [6.45, 7) is 4.36. The van der Waals surface area contributed by atoms with E-state index in [0.717, 1.165) is 19.3 Å². The summed E-state index contributed by atoms with van der Waals surface area (Å²) in [5, 5.41) is -1.49. The van der Waals surface area contributed by atoms with E-state index in [9.17, 15) is 17.8 Å². The summed E-state index contributed by atoms with van der Waals surface area (Å²) in [7, 11) is -1.12. The normalized spacial score (nSPS) is 13.7. The lowest BCUT2D eigenvalue weighted by atomic mass is 10.0. The number of carbonyl (C=O) groups is 1. The fraction of sp³-hybridized carbons (Fsp3) is 0.957. The van der Waals surface area contributed by atoms with Gasteiger partial charge in [-0.2, -0.15) is 12.9 Å². The van der Waals surface area contributed by atoms with Crippen molar-refractivity contribution in [3.05, 3.63) is 0 Å². The molecule has 0 fully saturated rings. The van der Waals surface area contributed by atoms with Gasteiger partial charge in [-0.1, -0.05) is 84.0 Å². The zero-order valence-electron chi connectivity index (χ0n) is 21.6. The van der Waals surface area contributed by atoms with Crippen LogP contribution in [0.5, 0.6) is 0 Å². The second-order valence-electron chi connectivity index (χ2n) is 9.55. The molecular weight excluding hydrogens is 465 g/mol. The summed E-state index contributed by atoms with van der Waals surface area (Å²) >= 11 is 0. The van der Waals surface area contributed by atoms with Crippen LogP contribution in [0.25, 0.3) is 0 Å². The van der Waals surface area contributed by atoms with Gasteiger partial charge in [0.15, 0.2) is 5.25 Å². The molecule has 0 heterocycles. The summed E-state index contributed by atoms with van der Waals surface area (Å²) in [5.74, 6) is -1.07. The predicted octanol–water partition coefficient (Wildman–Crippen LogP) is 5.74. The van der Waals surface area contributed by atoms with Crippen molar-refractivity contribution in [1.82, 2.24) is 0 Å². The Morgan fingerprint density at radius 3 is 1.79 bits per heavy atom. The first-order valence-electron chi connectivity index (χ1n) is 12.5. The summed E-state index contributed by atoms with van der Waals surface area (Å²) < 4.78 is 52.1. The van der Waals surface area contributed by atoms with Crippen molar-refractivity contribution in [2.75, 3.05) is 40.9 Å². The smallest absolute Gasteiger partial charge is 0.329 e. The van der Waals surface area contributed by atoms with Crippen molar-refractivity contribution in [2.24, 2.45) is 0 Å². The van der Waals surface area contributed by atoms with Gasteiger partial charge in [0.05, 0.1) is 21.1 Å². The maximum Gasteiger partial charge on any atom is 0.753 e. The molecule has 0 aliphatic heterocycles. The van der Waals surface area contributed by atoms with E-state index in [0.29, 0.717) is 17.4 Å². The fourth-order valence-electron chi connectivity index (χ4n) is 3.32. The molecule has 0 spiro atoms. The van der Waals surface area contributed by atoms with Crippen molar-refractivity contribution >= 4 is 24.3 Å². The largest absolute Gasteiger partial charge is 0.753 e. The first kappa shape index (κ1) is 32.4. The van der Waals surface area contributed by atoms with Crippen LogP contribution in [0.2, 0.25) is 0 Å². The van der Waals surface area contributed by atoms with Crippen molar-refractivity contribution < 1.29 is 35.5 Å². The molecule has 0 aliphatic rings. The molecule has 10 heteroatoms. The molecular formula is C23H48NO7PS+2. The number of nitrogens with zero attached hydrogens (tertiary/aromatic N) is 1. The highest BCUT2D eigenvalue weighted by molar-refractivity contribution is 7.88. The van der Waals surface area contributed by atoms with E-state index < -0.39 is 29.6 Å². The average molecular weight is 514 g/mol. The number of hydrogen-bond donors (Lipinski definition) is 0. The maximum absolute atomic E-state index is 12.7. The van der Waals surface area contributed by atoms with Crippen molar-refractivity contribution in [3.63, 3.8) is 0 Å². The standard InChI is InChI=1S/C23H48NO7PS/c1-6-8-9-10-11-12-13-14-15-16-17-18-19-22(23(25)31-32(26)29-7-2)33(27,28)30-21-20-24(3,4)5/h22H,6-21H2,1-5H3/q+2. The first-order valence-corrected chi connectivity index (χ1v) is 15.1. The van der Waals surface area contributed by atoms with E-state index in [2.05, 4.69) is 6.92 Å². The van der Waals surface area contributed by atoms with Crippen LogP contribution in [0, 0.1) is 0 Å². The van der Waals surface area contributed by atoms with Crippen molar-refractivity contribution in [1.29, 1.82) is 0 Å².